The third kappa shape index (κ3) is 3.61. The molecule has 0 unspecified atom stereocenters. The predicted molar refractivity (Wildman–Crippen MR) is 110 cm³/mol. The second-order valence-electron chi connectivity index (χ2n) is 6.83. The normalized spacial score (nSPS) is 12.7. The number of aryl methyl sites for hydroxylation is 1. The molecule has 0 aliphatic carbocycles. The van der Waals surface area contributed by atoms with Gasteiger partial charge in [0.05, 0.1) is 24.6 Å². The molecule has 1 aliphatic rings. The van der Waals surface area contributed by atoms with Crippen molar-refractivity contribution >= 4 is 29.1 Å². The summed E-state index contributed by atoms with van der Waals surface area (Å²) >= 11 is 6.21. The van der Waals surface area contributed by atoms with Crippen LogP contribution in [0.3, 0.4) is 0 Å². The van der Waals surface area contributed by atoms with E-state index < -0.39 is 5.82 Å². The first-order valence-electron chi connectivity index (χ1n) is 9.06. The maximum absolute atomic E-state index is 14.0. The molecule has 0 radical (unpaired) electrons. The van der Waals surface area contributed by atoms with E-state index in [2.05, 4.69) is 15.3 Å². The van der Waals surface area contributed by atoms with E-state index >= 15 is 0 Å². The van der Waals surface area contributed by atoms with Crippen LogP contribution in [0.5, 0.6) is 17.4 Å². The molecule has 0 saturated heterocycles. The summed E-state index contributed by atoms with van der Waals surface area (Å²) in [5.41, 5.74) is 2.15. The molecule has 1 aromatic heterocycles. The lowest BCUT2D eigenvalue weighted by Gasteiger charge is -2.13. The Bertz CT molecular complexity index is 1160. The van der Waals surface area contributed by atoms with Crippen molar-refractivity contribution in [1.82, 2.24) is 14.9 Å². The number of anilines is 2. The van der Waals surface area contributed by atoms with Gasteiger partial charge in [0.1, 0.15) is 22.3 Å². The Morgan fingerprint density at radius 1 is 1.27 bits per heavy atom. The maximum Gasteiger partial charge on any atom is 0.258 e. The number of hydrogen-bond donors (Lipinski definition) is 1. The van der Waals surface area contributed by atoms with Crippen LogP contribution in [0, 0.1) is 12.7 Å². The summed E-state index contributed by atoms with van der Waals surface area (Å²) in [7, 11) is 3.21. The second-order valence-corrected chi connectivity index (χ2v) is 7.23. The summed E-state index contributed by atoms with van der Waals surface area (Å²) in [4.78, 5) is 22.4. The summed E-state index contributed by atoms with van der Waals surface area (Å²) in [6.07, 6.45) is 1.36. The first-order chi connectivity index (χ1) is 14.4. The molecule has 9 heteroatoms. The van der Waals surface area contributed by atoms with Crippen LogP contribution in [0.15, 0.2) is 36.5 Å². The molecule has 1 aliphatic heterocycles. The van der Waals surface area contributed by atoms with Crippen LogP contribution >= 0.6 is 11.6 Å². The van der Waals surface area contributed by atoms with E-state index in [0.29, 0.717) is 34.9 Å². The SMILES string of the molecule is COc1cc(C)c(F)cc1Nc1ncc(Cl)c(Oc2cccc3c2C(=O)N(C)C3)n1. The van der Waals surface area contributed by atoms with E-state index in [0.717, 1.165) is 5.56 Å². The first-order valence-corrected chi connectivity index (χ1v) is 9.44. The highest BCUT2D eigenvalue weighted by atomic mass is 35.5. The fraction of sp³-hybridized carbons (Fsp3) is 0.190. The minimum absolute atomic E-state index is 0.0662. The highest BCUT2D eigenvalue weighted by Gasteiger charge is 2.28. The molecule has 3 aromatic rings. The number of nitrogens with one attached hydrogen (secondary N) is 1. The lowest BCUT2D eigenvalue weighted by atomic mass is 10.1. The van der Waals surface area contributed by atoms with Gasteiger partial charge in [-0.25, -0.2) is 9.37 Å². The minimum Gasteiger partial charge on any atom is -0.495 e. The summed E-state index contributed by atoms with van der Waals surface area (Å²) in [6, 6.07) is 8.22. The molecule has 2 aromatic carbocycles. The Hall–Kier alpha value is -3.39. The second kappa shape index (κ2) is 7.79. The Balaban J connectivity index is 1.66. The molecule has 7 nitrogen and oxygen atoms in total. The summed E-state index contributed by atoms with van der Waals surface area (Å²) in [5, 5.41) is 3.08. The van der Waals surface area contributed by atoms with Gasteiger partial charge in [0.15, 0.2) is 0 Å². The molecule has 4 rings (SSSR count). The van der Waals surface area contributed by atoms with Crippen molar-refractivity contribution in [3.05, 3.63) is 64.1 Å². The van der Waals surface area contributed by atoms with Crippen molar-refractivity contribution in [2.24, 2.45) is 0 Å². The lowest BCUT2D eigenvalue weighted by Crippen LogP contribution is -2.17. The number of rotatable bonds is 5. The third-order valence-electron chi connectivity index (χ3n) is 4.73. The summed E-state index contributed by atoms with van der Waals surface area (Å²) < 4.78 is 25.2. The summed E-state index contributed by atoms with van der Waals surface area (Å²) in [6.45, 7) is 2.15. The number of benzene rings is 2. The number of nitrogens with zero attached hydrogens (tertiary/aromatic N) is 3. The highest BCUT2D eigenvalue weighted by Crippen LogP contribution is 2.36. The van der Waals surface area contributed by atoms with Crippen molar-refractivity contribution in [3.8, 4) is 17.4 Å². The average molecular weight is 429 g/mol. The fourth-order valence-electron chi connectivity index (χ4n) is 3.18. The number of methoxy groups -OCH3 is 1. The maximum atomic E-state index is 14.0. The molecule has 1 amide bonds. The molecular weight excluding hydrogens is 411 g/mol. The third-order valence-corrected chi connectivity index (χ3v) is 4.99. The fourth-order valence-corrected chi connectivity index (χ4v) is 3.31. The molecule has 154 valence electrons. The van der Waals surface area contributed by atoms with Gasteiger partial charge in [0.25, 0.3) is 5.91 Å². The monoisotopic (exact) mass is 428 g/mol. The smallest absolute Gasteiger partial charge is 0.258 e. The quantitative estimate of drug-likeness (QED) is 0.634. The number of halogens is 2. The van der Waals surface area contributed by atoms with Crippen LogP contribution < -0.4 is 14.8 Å². The number of hydrogen-bond acceptors (Lipinski definition) is 6. The predicted octanol–water partition coefficient (Wildman–Crippen LogP) is 4.71. The number of ether oxygens (including phenoxy) is 2. The van der Waals surface area contributed by atoms with Crippen LogP contribution in [0.4, 0.5) is 16.0 Å². The van der Waals surface area contributed by atoms with Gasteiger partial charge in [0, 0.05) is 19.7 Å². The Morgan fingerprint density at radius 3 is 2.83 bits per heavy atom. The zero-order chi connectivity index (χ0) is 21.4. The van der Waals surface area contributed by atoms with Crippen LogP contribution in [-0.2, 0) is 6.54 Å². The highest BCUT2D eigenvalue weighted by molar-refractivity contribution is 6.31. The van der Waals surface area contributed by atoms with Gasteiger partial charge in [-0.1, -0.05) is 23.7 Å². The van der Waals surface area contributed by atoms with E-state index in [1.807, 2.05) is 6.07 Å². The largest absolute Gasteiger partial charge is 0.495 e. The van der Waals surface area contributed by atoms with Crippen LogP contribution in [-0.4, -0.2) is 34.9 Å². The van der Waals surface area contributed by atoms with Crippen LogP contribution in [0.1, 0.15) is 21.5 Å². The molecule has 0 atom stereocenters. The lowest BCUT2D eigenvalue weighted by molar-refractivity contribution is 0.0814. The van der Waals surface area contributed by atoms with E-state index in [1.54, 1.807) is 37.1 Å². The molecule has 2 heterocycles. The molecular formula is C21H18ClFN4O3. The van der Waals surface area contributed by atoms with E-state index in [4.69, 9.17) is 21.1 Å². The van der Waals surface area contributed by atoms with Gasteiger partial charge in [-0.15, -0.1) is 0 Å². The number of amides is 1. The van der Waals surface area contributed by atoms with Gasteiger partial charge >= 0.3 is 0 Å². The number of aromatic nitrogens is 2. The van der Waals surface area contributed by atoms with Crippen LogP contribution in [0.2, 0.25) is 5.02 Å². The van der Waals surface area contributed by atoms with E-state index in [1.165, 1.54) is 19.4 Å². The summed E-state index contributed by atoms with van der Waals surface area (Å²) in [5.74, 6) is 0.454. The number of fused-ring (bicyclic) bond motifs is 1. The number of carbonyl (C=O) groups excluding carboxylic acids is 1. The van der Waals surface area contributed by atoms with E-state index in [-0.39, 0.29) is 22.8 Å². The molecule has 1 N–H and O–H groups in total. The Labute approximate surface area is 177 Å². The molecule has 30 heavy (non-hydrogen) atoms. The average Bonchev–Trinajstić information content (AvgIpc) is 3.01. The van der Waals surface area contributed by atoms with Crippen molar-refractivity contribution in [2.75, 3.05) is 19.5 Å². The van der Waals surface area contributed by atoms with E-state index in [9.17, 15) is 9.18 Å². The van der Waals surface area contributed by atoms with Crippen molar-refractivity contribution in [1.29, 1.82) is 0 Å². The topological polar surface area (TPSA) is 76.6 Å². The van der Waals surface area contributed by atoms with Crippen LogP contribution in [0.25, 0.3) is 0 Å². The zero-order valence-electron chi connectivity index (χ0n) is 16.5. The van der Waals surface area contributed by atoms with Crippen molar-refractivity contribution in [3.63, 3.8) is 0 Å². The van der Waals surface area contributed by atoms with Gasteiger partial charge < -0.3 is 19.7 Å². The van der Waals surface area contributed by atoms with Crippen molar-refractivity contribution < 1.29 is 18.7 Å². The Kier molecular flexibility index (Phi) is 5.17. The van der Waals surface area contributed by atoms with Gasteiger partial charge in [-0.2, -0.15) is 4.98 Å². The molecule has 0 saturated carbocycles. The van der Waals surface area contributed by atoms with Crippen molar-refractivity contribution in [2.45, 2.75) is 13.5 Å². The minimum atomic E-state index is -0.397. The standard InChI is InChI=1S/C21H18ClFN4O3/c1-11-7-17(29-3)15(8-14(11)23)25-21-24-9-13(22)19(26-21)30-16-6-4-5-12-10-27(2)20(28)18(12)16/h4-9H,10H2,1-3H3,(H,24,25,26). The number of carbonyl (C=O) groups is 1. The Morgan fingerprint density at radius 2 is 2.07 bits per heavy atom. The van der Waals surface area contributed by atoms with Gasteiger partial charge in [0.2, 0.25) is 11.8 Å². The first kappa shape index (κ1) is 19.9. The zero-order valence-corrected chi connectivity index (χ0v) is 17.2. The van der Waals surface area contributed by atoms with Gasteiger partial charge in [-0.05, 0) is 30.2 Å². The van der Waals surface area contributed by atoms with Gasteiger partial charge in [-0.3, -0.25) is 4.79 Å². The molecule has 0 bridgehead atoms. The molecule has 0 spiro atoms. The molecule has 0 fully saturated rings.